The van der Waals surface area contributed by atoms with Gasteiger partial charge in [-0.3, -0.25) is 9.59 Å². The number of carbonyl (C=O) groups is 2. The van der Waals surface area contributed by atoms with Gasteiger partial charge >= 0.3 is 23.6 Å². The second-order valence-corrected chi connectivity index (χ2v) is 16.7. The summed E-state index contributed by atoms with van der Waals surface area (Å²) in [5.41, 5.74) is -12.8. The second-order valence-electron chi connectivity index (χ2n) is 16.7. The summed E-state index contributed by atoms with van der Waals surface area (Å²) in [6.07, 6.45) is -12.6. The highest BCUT2D eigenvalue weighted by Gasteiger charge is 2.66. The van der Waals surface area contributed by atoms with Crippen LogP contribution in [0, 0.1) is 37.1 Å². The van der Waals surface area contributed by atoms with Gasteiger partial charge in [0.05, 0.1) is 22.2 Å². The fraction of sp³-hybridized carbons (Fsp3) is 0.333. The molecule has 4 N–H and O–H groups in total. The number of hydrogen-bond acceptors (Lipinski definition) is 10. The molecule has 2 fully saturated rings. The van der Waals surface area contributed by atoms with Crippen LogP contribution < -0.4 is 21.9 Å². The number of carbonyl (C=O) groups excluding carboxylic acids is 2. The third kappa shape index (κ3) is 8.86. The van der Waals surface area contributed by atoms with Gasteiger partial charge in [0.15, 0.2) is 23.3 Å². The van der Waals surface area contributed by atoms with Crippen molar-refractivity contribution in [1.29, 1.82) is 0 Å². The molecule has 0 saturated heterocycles. The first-order valence-corrected chi connectivity index (χ1v) is 20.2. The Labute approximate surface area is 370 Å². The number of alkyl halides is 6. The molecule has 2 amide bonds. The molecule has 2 unspecified atom stereocenters. The SMILES string of the molecule is Cc1noc(=O)c2ccc(NC(=O)C(O)(CC3(c4cccc(F)c4F)CC3)C(F)(F)F)cc12.Cc1noc(=O)c2ccc(NC(=O)C(O)(CC3(c4cccc(F)c4F)CCC3)C(F)(F)F)cc12. The van der Waals surface area contributed by atoms with E-state index in [-0.39, 0.29) is 81.1 Å². The highest BCUT2D eigenvalue weighted by molar-refractivity contribution is 6.01. The molecule has 2 aliphatic rings. The molecule has 2 atom stereocenters. The molecule has 22 heteroatoms. The number of amides is 2. The standard InChI is InChI=1S/C23H19F5N2O4.C22H17F5N2O4/c1-12-15-10-13(6-7-14(15)19(31)34-30-12)29-20(32)22(33,23(26,27)28)11-21(8-3-9-21)16-4-2-5-17(24)18(16)25;1-11-14-9-12(5-6-13(14)18(30)33-29-11)28-19(31)21(32,22(25,26)27)10-20(7-8-20)15-3-2-4-16(23)17(15)24/h2,4-7,10,33H,3,8-9,11H2,1H3,(H,29,32);2-6,9,32H,7-8,10H2,1H3,(H,28,31). The van der Waals surface area contributed by atoms with Crippen molar-refractivity contribution in [1.82, 2.24) is 10.3 Å². The van der Waals surface area contributed by atoms with Crippen molar-refractivity contribution in [3.63, 3.8) is 0 Å². The van der Waals surface area contributed by atoms with Crippen LogP contribution in [-0.2, 0) is 20.4 Å². The van der Waals surface area contributed by atoms with Crippen molar-refractivity contribution >= 4 is 44.7 Å². The van der Waals surface area contributed by atoms with Crippen LogP contribution in [0.15, 0.2) is 91.4 Å². The lowest BCUT2D eigenvalue weighted by atomic mass is 9.59. The van der Waals surface area contributed by atoms with Gasteiger partial charge in [-0.05, 0) is 99.2 Å². The number of aliphatic hydroxyl groups is 2. The maximum absolute atomic E-state index is 14.5. The van der Waals surface area contributed by atoms with E-state index >= 15 is 0 Å². The van der Waals surface area contributed by atoms with Crippen molar-refractivity contribution in [2.24, 2.45) is 0 Å². The van der Waals surface area contributed by atoms with Gasteiger partial charge in [-0.15, -0.1) is 0 Å². The summed E-state index contributed by atoms with van der Waals surface area (Å²) in [4.78, 5) is 49.1. The van der Waals surface area contributed by atoms with Crippen LogP contribution in [-0.4, -0.2) is 55.9 Å². The molecule has 2 saturated carbocycles. The number of anilines is 2. The Morgan fingerprint density at radius 3 is 1.30 bits per heavy atom. The number of nitrogens with one attached hydrogen (secondary N) is 2. The lowest BCUT2D eigenvalue weighted by Gasteiger charge is -2.47. The maximum Gasteiger partial charge on any atom is 0.426 e. The third-order valence-corrected chi connectivity index (χ3v) is 12.4. The lowest BCUT2D eigenvalue weighted by molar-refractivity contribution is -0.257. The zero-order chi connectivity index (χ0) is 49.1. The van der Waals surface area contributed by atoms with Gasteiger partial charge < -0.3 is 29.9 Å². The second kappa shape index (κ2) is 17.2. The molecule has 4 aromatic carbocycles. The fourth-order valence-corrected chi connectivity index (χ4v) is 8.35. The predicted octanol–water partition coefficient (Wildman–Crippen LogP) is 8.65. The molecular weight excluding hydrogens is 914 g/mol. The van der Waals surface area contributed by atoms with Crippen LogP contribution in [0.2, 0.25) is 0 Å². The molecule has 8 rings (SSSR count). The molecule has 2 aliphatic carbocycles. The number of fused-ring (bicyclic) bond motifs is 2. The molecule has 2 aromatic heterocycles. The number of benzene rings is 4. The van der Waals surface area contributed by atoms with Gasteiger partial charge in [0.25, 0.3) is 11.8 Å². The Morgan fingerprint density at radius 1 is 0.597 bits per heavy atom. The smallest absolute Gasteiger partial charge is 0.373 e. The number of halogens is 10. The minimum atomic E-state index is -5.42. The number of hydrogen-bond donors (Lipinski definition) is 4. The molecule has 0 spiro atoms. The third-order valence-electron chi connectivity index (χ3n) is 12.4. The van der Waals surface area contributed by atoms with Gasteiger partial charge in [0, 0.05) is 45.8 Å². The molecule has 67 heavy (non-hydrogen) atoms. The average Bonchev–Trinajstić information content (AvgIpc) is 4.03. The van der Waals surface area contributed by atoms with E-state index in [1.54, 1.807) is 0 Å². The van der Waals surface area contributed by atoms with Gasteiger partial charge in [-0.1, -0.05) is 41.0 Å². The van der Waals surface area contributed by atoms with E-state index in [4.69, 9.17) is 0 Å². The van der Waals surface area contributed by atoms with Crippen LogP contribution in [0.5, 0.6) is 0 Å². The summed E-state index contributed by atoms with van der Waals surface area (Å²) in [6.45, 7) is 2.99. The number of nitrogens with zero attached hydrogens (tertiary/aromatic N) is 2. The summed E-state index contributed by atoms with van der Waals surface area (Å²) in [5, 5.41) is 33.0. The first-order valence-electron chi connectivity index (χ1n) is 20.2. The first-order chi connectivity index (χ1) is 31.3. The van der Waals surface area contributed by atoms with Crippen LogP contribution in [0.25, 0.3) is 21.5 Å². The summed E-state index contributed by atoms with van der Waals surface area (Å²) >= 11 is 0. The summed E-state index contributed by atoms with van der Waals surface area (Å²) in [5.74, 6) is -8.64. The summed E-state index contributed by atoms with van der Waals surface area (Å²) < 4.78 is 149. The molecule has 2 heterocycles. The largest absolute Gasteiger partial charge is 0.426 e. The van der Waals surface area contributed by atoms with Crippen LogP contribution in [0.1, 0.15) is 67.5 Å². The number of rotatable bonds is 10. The first kappa shape index (κ1) is 48.3. The number of aromatic nitrogens is 2. The number of aryl methyl sites for hydroxylation is 2. The van der Waals surface area contributed by atoms with Gasteiger partial charge in [-0.2, -0.15) is 26.3 Å². The minimum Gasteiger partial charge on any atom is -0.373 e. The van der Waals surface area contributed by atoms with Gasteiger partial charge in [0.2, 0.25) is 11.2 Å². The van der Waals surface area contributed by atoms with E-state index in [1.807, 2.05) is 10.6 Å². The molecule has 12 nitrogen and oxygen atoms in total. The molecular formula is C45H36F10N4O8. The molecule has 0 aliphatic heterocycles. The maximum atomic E-state index is 14.5. The van der Waals surface area contributed by atoms with Crippen LogP contribution in [0.3, 0.4) is 0 Å². The van der Waals surface area contributed by atoms with E-state index in [9.17, 15) is 73.3 Å². The minimum absolute atomic E-state index is 0.0374. The van der Waals surface area contributed by atoms with E-state index in [1.165, 1.54) is 56.3 Å². The van der Waals surface area contributed by atoms with Crippen LogP contribution in [0.4, 0.5) is 55.3 Å². The molecule has 6 aromatic rings. The molecule has 0 radical (unpaired) electrons. The van der Waals surface area contributed by atoms with Crippen molar-refractivity contribution in [2.75, 3.05) is 10.6 Å². The monoisotopic (exact) mass is 950 g/mol. The van der Waals surface area contributed by atoms with Crippen molar-refractivity contribution in [2.45, 2.75) is 93.2 Å². The van der Waals surface area contributed by atoms with E-state index in [2.05, 4.69) is 19.4 Å². The van der Waals surface area contributed by atoms with Crippen molar-refractivity contribution in [3.05, 3.63) is 139 Å². The Bertz CT molecular complexity index is 3060. The van der Waals surface area contributed by atoms with Crippen LogP contribution >= 0.6 is 0 Å². The quantitative estimate of drug-likeness (QED) is 0.0970. The average molecular weight is 951 g/mol. The summed E-state index contributed by atoms with van der Waals surface area (Å²) in [7, 11) is 0. The van der Waals surface area contributed by atoms with Crippen molar-refractivity contribution < 1.29 is 72.8 Å². The molecule has 354 valence electrons. The van der Waals surface area contributed by atoms with Gasteiger partial charge in [-0.25, -0.2) is 27.2 Å². The Balaban J connectivity index is 0.000000199. The van der Waals surface area contributed by atoms with Crippen molar-refractivity contribution in [3.8, 4) is 0 Å². The van der Waals surface area contributed by atoms with Gasteiger partial charge in [0.1, 0.15) is 0 Å². The molecule has 0 bridgehead atoms. The topological polar surface area (TPSA) is 185 Å². The Hall–Kier alpha value is -6.68. The predicted molar refractivity (Wildman–Crippen MR) is 218 cm³/mol. The highest BCUT2D eigenvalue weighted by atomic mass is 19.4. The van der Waals surface area contributed by atoms with E-state index < -0.39 is 93.6 Å². The zero-order valence-electron chi connectivity index (χ0n) is 34.9. The zero-order valence-corrected chi connectivity index (χ0v) is 34.9. The Kier molecular flexibility index (Phi) is 12.4. The fourth-order valence-electron chi connectivity index (χ4n) is 8.35. The highest BCUT2D eigenvalue weighted by Crippen LogP contribution is 2.57. The Morgan fingerprint density at radius 2 is 0.970 bits per heavy atom. The normalized spacial score (nSPS) is 17.0. The van der Waals surface area contributed by atoms with E-state index in [0.29, 0.717) is 6.42 Å². The summed E-state index contributed by atoms with van der Waals surface area (Å²) in [6, 6.07) is 13.6. The van der Waals surface area contributed by atoms with E-state index in [0.717, 1.165) is 30.3 Å². The lowest BCUT2D eigenvalue weighted by Crippen LogP contribution is -2.59.